The van der Waals surface area contributed by atoms with Crippen LogP contribution in [-0.4, -0.2) is 18.5 Å². The van der Waals surface area contributed by atoms with Gasteiger partial charge in [-0.05, 0) is 99.9 Å². The van der Waals surface area contributed by atoms with Crippen molar-refractivity contribution in [3.63, 3.8) is 0 Å². The molecule has 0 atom stereocenters. The zero-order valence-electron chi connectivity index (χ0n) is 18.1. The number of rotatable bonds is 7. The molecule has 3 aromatic carbocycles. The van der Waals surface area contributed by atoms with Gasteiger partial charge in [0.05, 0.1) is 6.61 Å². The van der Waals surface area contributed by atoms with E-state index in [1.165, 1.54) is 5.56 Å². The van der Waals surface area contributed by atoms with Crippen molar-refractivity contribution >= 4 is 56.5 Å². The van der Waals surface area contributed by atoms with E-state index in [1.54, 1.807) is 6.08 Å². The molecule has 1 aliphatic rings. The lowest BCUT2D eigenvalue weighted by Crippen LogP contribution is -2.05. The summed E-state index contributed by atoms with van der Waals surface area (Å²) in [4.78, 5) is 16.8. The number of esters is 1. The van der Waals surface area contributed by atoms with Gasteiger partial charge >= 0.3 is 5.97 Å². The zero-order valence-corrected chi connectivity index (χ0v) is 21.8. The second-order valence-electron chi connectivity index (χ2n) is 7.38. The maximum absolute atomic E-state index is 12.4. The molecule has 0 saturated carbocycles. The third-order valence-electron chi connectivity index (χ3n) is 4.83. The normalized spacial score (nSPS) is 14.2. The van der Waals surface area contributed by atoms with Gasteiger partial charge in [0.2, 0.25) is 5.90 Å². The van der Waals surface area contributed by atoms with Crippen LogP contribution in [0.5, 0.6) is 11.5 Å². The number of ether oxygens (including phenoxy) is 3. The standard InChI is InChI=1S/C26H21BrINO4/c1-3-31-24-13-17(7-10-23(24)32-15-18-6-4-5-16(2)11-18)12-22-26(30)33-25(29-22)19-8-9-21(28)20(27)14-19/h4-14H,3,15H2,1-2H3/b22-12-. The first kappa shape index (κ1) is 23.5. The Kier molecular flexibility index (Phi) is 7.49. The average Bonchev–Trinajstić information content (AvgIpc) is 3.15. The Morgan fingerprint density at radius 1 is 1.06 bits per heavy atom. The van der Waals surface area contributed by atoms with E-state index < -0.39 is 5.97 Å². The van der Waals surface area contributed by atoms with Gasteiger partial charge in [-0.3, -0.25) is 0 Å². The maximum atomic E-state index is 12.4. The van der Waals surface area contributed by atoms with E-state index in [2.05, 4.69) is 62.6 Å². The highest BCUT2D eigenvalue weighted by molar-refractivity contribution is 14.1. The molecule has 4 rings (SSSR count). The number of halogens is 2. The predicted octanol–water partition coefficient (Wildman–Crippen LogP) is 6.68. The number of hydrogen-bond acceptors (Lipinski definition) is 5. The summed E-state index contributed by atoms with van der Waals surface area (Å²) in [5.74, 6) is 1.04. The Morgan fingerprint density at radius 3 is 2.67 bits per heavy atom. The molecule has 0 fully saturated rings. The Hall–Kier alpha value is -2.65. The summed E-state index contributed by atoms with van der Waals surface area (Å²) in [7, 11) is 0. The highest BCUT2D eigenvalue weighted by Crippen LogP contribution is 2.31. The highest BCUT2D eigenvalue weighted by Gasteiger charge is 2.24. The smallest absolute Gasteiger partial charge is 0.363 e. The first-order valence-corrected chi connectivity index (χ1v) is 12.2. The van der Waals surface area contributed by atoms with Crippen LogP contribution < -0.4 is 9.47 Å². The van der Waals surface area contributed by atoms with E-state index in [0.717, 1.165) is 24.7 Å². The third-order valence-corrected chi connectivity index (χ3v) is 7.17. The maximum Gasteiger partial charge on any atom is 0.363 e. The van der Waals surface area contributed by atoms with E-state index in [1.807, 2.05) is 55.5 Å². The van der Waals surface area contributed by atoms with Gasteiger partial charge in [0, 0.05) is 13.6 Å². The van der Waals surface area contributed by atoms with Crippen molar-refractivity contribution in [3.05, 3.63) is 96.7 Å². The minimum atomic E-state index is -0.489. The monoisotopic (exact) mass is 617 g/mol. The molecule has 33 heavy (non-hydrogen) atoms. The van der Waals surface area contributed by atoms with Gasteiger partial charge in [0.15, 0.2) is 17.2 Å². The lowest BCUT2D eigenvalue weighted by molar-refractivity contribution is -0.129. The quantitative estimate of drug-likeness (QED) is 0.169. The Labute approximate surface area is 214 Å². The lowest BCUT2D eigenvalue weighted by atomic mass is 10.1. The van der Waals surface area contributed by atoms with Gasteiger partial charge in [-0.2, -0.15) is 0 Å². The van der Waals surface area contributed by atoms with Gasteiger partial charge in [0.1, 0.15) is 6.61 Å². The Bertz CT molecular complexity index is 1270. The minimum absolute atomic E-state index is 0.232. The van der Waals surface area contributed by atoms with Crippen molar-refractivity contribution in [2.45, 2.75) is 20.5 Å². The molecule has 0 spiro atoms. The number of nitrogens with zero attached hydrogens (tertiary/aromatic N) is 1. The number of carbonyl (C=O) groups is 1. The molecule has 3 aromatic rings. The molecule has 0 aliphatic carbocycles. The molecule has 0 unspecified atom stereocenters. The van der Waals surface area contributed by atoms with Crippen LogP contribution in [0.2, 0.25) is 0 Å². The van der Waals surface area contributed by atoms with Crippen LogP contribution in [0.15, 0.2) is 75.8 Å². The molecule has 168 valence electrons. The molecular weight excluding hydrogens is 597 g/mol. The van der Waals surface area contributed by atoms with Crippen LogP contribution in [0.25, 0.3) is 6.08 Å². The van der Waals surface area contributed by atoms with Gasteiger partial charge in [0.25, 0.3) is 0 Å². The molecule has 5 nitrogen and oxygen atoms in total. The topological polar surface area (TPSA) is 57.1 Å². The van der Waals surface area contributed by atoms with Crippen LogP contribution >= 0.6 is 38.5 Å². The summed E-state index contributed by atoms with van der Waals surface area (Å²) in [6.07, 6.45) is 1.68. The van der Waals surface area contributed by atoms with Crippen LogP contribution in [0.3, 0.4) is 0 Å². The number of aliphatic imine (C=N–C) groups is 1. The SMILES string of the molecule is CCOc1cc(/C=C2\N=C(c3ccc(I)c(Br)c3)OC2=O)ccc1OCc1cccc(C)c1. The molecule has 0 radical (unpaired) electrons. The molecule has 0 saturated heterocycles. The minimum Gasteiger partial charge on any atom is -0.490 e. The summed E-state index contributed by atoms with van der Waals surface area (Å²) in [6.45, 7) is 4.90. The molecule has 0 bridgehead atoms. The summed E-state index contributed by atoms with van der Waals surface area (Å²) in [5, 5.41) is 0. The number of hydrogen-bond donors (Lipinski definition) is 0. The molecule has 1 aliphatic heterocycles. The number of benzene rings is 3. The summed E-state index contributed by atoms with van der Waals surface area (Å²) >= 11 is 5.72. The fourth-order valence-corrected chi connectivity index (χ4v) is 4.00. The molecule has 0 aromatic heterocycles. The predicted molar refractivity (Wildman–Crippen MR) is 141 cm³/mol. The van der Waals surface area contributed by atoms with Crippen molar-refractivity contribution < 1.29 is 19.0 Å². The number of carbonyl (C=O) groups excluding carboxylic acids is 1. The van der Waals surface area contributed by atoms with Crippen LogP contribution in [0.4, 0.5) is 0 Å². The molecule has 0 N–H and O–H groups in total. The second kappa shape index (κ2) is 10.5. The van der Waals surface area contributed by atoms with Crippen molar-refractivity contribution in [1.82, 2.24) is 0 Å². The van der Waals surface area contributed by atoms with Gasteiger partial charge in [-0.25, -0.2) is 9.79 Å². The molecule has 1 heterocycles. The zero-order chi connectivity index (χ0) is 23.4. The van der Waals surface area contributed by atoms with Crippen molar-refractivity contribution in [3.8, 4) is 11.5 Å². The summed E-state index contributed by atoms with van der Waals surface area (Å²) in [5.41, 5.74) is 4.00. The van der Waals surface area contributed by atoms with E-state index in [4.69, 9.17) is 14.2 Å². The fraction of sp³-hybridized carbons (Fsp3) is 0.154. The van der Waals surface area contributed by atoms with Gasteiger partial charge in [-0.15, -0.1) is 0 Å². The fourth-order valence-electron chi connectivity index (χ4n) is 3.28. The summed E-state index contributed by atoms with van der Waals surface area (Å²) < 4.78 is 19.2. The third kappa shape index (κ3) is 5.83. The highest BCUT2D eigenvalue weighted by atomic mass is 127. The molecule has 7 heteroatoms. The largest absolute Gasteiger partial charge is 0.490 e. The Balaban J connectivity index is 1.56. The van der Waals surface area contributed by atoms with Gasteiger partial charge in [-0.1, -0.05) is 35.9 Å². The van der Waals surface area contributed by atoms with Gasteiger partial charge < -0.3 is 14.2 Å². The Morgan fingerprint density at radius 2 is 1.91 bits per heavy atom. The van der Waals surface area contributed by atoms with Crippen molar-refractivity contribution in [1.29, 1.82) is 0 Å². The lowest BCUT2D eigenvalue weighted by Gasteiger charge is -2.13. The van der Waals surface area contributed by atoms with Crippen molar-refractivity contribution in [2.24, 2.45) is 4.99 Å². The van der Waals surface area contributed by atoms with E-state index in [-0.39, 0.29) is 11.6 Å². The summed E-state index contributed by atoms with van der Waals surface area (Å²) in [6, 6.07) is 19.4. The van der Waals surface area contributed by atoms with E-state index >= 15 is 0 Å². The van der Waals surface area contributed by atoms with E-state index in [9.17, 15) is 4.79 Å². The molecular formula is C26H21BrINO4. The first-order chi connectivity index (χ1) is 15.9. The number of cyclic esters (lactones) is 1. The molecule has 0 amide bonds. The number of aryl methyl sites for hydroxylation is 1. The van der Waals surface area contributed by atoms with E-state index in [0.29, 0.717) is 24.7 Å². The van der Waals surface area contributed by atoms with Crippen LogP contribution in [0, 0.1) is 10.5 Å². The second-order valence-corrected chi connectivity index (χ2v) is 9.40. The first-order valence-electron chi connectivity index (χ1n) is 10.4. The van der Waals surface area contributed by atoms with Crippen LogP contribution in [-0.2, 0) is 16.1 Å². The average molecular weight is 618 g/mol. The van der Waals surface area contributed by atoms with Crippen molar-refractivity contribution in [2.75, 3.05) is 6.61 Å². The van der Waals surface area contributed by atoms with Crippen LogP contribution in [0.1, 0.15) is 29.2 Å².